The molecule has 4 fully saturated rings. The first-order chi connectivity index (χ1) is 36.4. The molecule has 1 saturated carbocycles. The van der Waals surface area contributed by atoms with E-state index in [-0.39, 0.29) is 94.4 Å². The first kappa shape index (κ1) is 53.3. The fourth-order valence-corrected chi connectivity index (χ4v) is 13.0. The van der Waals surface area contributed by atoms with Crippen molar-refractivity contribution in [3.63, 3.8) is 0 Å². The van der Waals surface area contributed by atoms with Crippen LogP contribution in [0.4, 0.5) is 17.6 Å². The summed E-state index contributed by atoms with van der Waals surface area (Å²) in [6, 6.07) is 11.9. The van der Waals surface area contributed by atoms with Gasteiger partial charge in [-0.1, -0.05) is 55.8 Å². The molecule has 20 heteroatoms. The van der Waals surface area contributed by atoms with Gasteiger partial charge in [0.25, 0.3) is 11.8 Å². The number of imide groups is 1. The van der Waals surface area contributed by atoms with Crippen LogP contribution in [0.15, 0.2) is 48.7 Å². The van der Waals surface area contributed by atoms with Crippen LogP contribution in [0.5, 0.6) is 11.6 Å². The summed E-state index contributed by atoms with van der Waals surface area (Å²) in [4.78, 5) is 59.7. The lowest BCUT2D eigenvalue weighted by molar-refractivity contribution is -0.145. The number of aromatic nitrogens is 3. The van der Waals surface area contributed by atoms with Crippen LogP contribution in [0.3, 0.4) is 0 Å². The maximum Gasteiger partial charge on any atom is 0.251 e. The van der Waals surface area contributed by atoms with Crippen molar-refractivity contribution < 1.29 is 51.3 Å². The van der Waals surface area contributed by atoms with Crippen molar-refractivity contribution in [1.29, 1.82) is 0 Å². The number of carbonyl (C=O) groups is 4. The van der Waals surface area contributed by atoms with Gasteiger partial charge in [-0.15, -0.1) is 0 Å². The number of nitrogens with zero attached hydrogens (tertiary/aromatic N) is 5. The van der Waals surface area contributed by atoms with Gasteiger partial charge in [0.2, 0.25) is 17.7 Å². The predicted octanol–water partition coefficient (Wildman–Crippen LogP) is 7.88. The molecule has 404 valence electrons. The number of aryl methyl sites for hydroxylation is 1. The maximum atomic E-state index is 16.5. The molecule has 6 heterocycles. The van der Waals surface area contributed by atoms with E-state index in [1.807, 2.05) is 42.2 Å². The van der Waals surface area contributed by atoms with Crippen molar-refractivity contribution in [2.75, 3.05) is 52.5 Å². The molecule has 5 N–H and O–H groups in total. The second kappa shape index (κ2) is 21.3. The number of fused-ring (bicyclic) bond motifs is 2. The quantitative estimate of drug-likeness (QED) is 0.0625. The van der Waals surface area contributed by atoms with Gasteiger partial charge < -0.3 is 35.4 Å². The highest BCUT2D eigenvalue weighted by molar-refractivity contribution is 6.34. The largest absolute Gasteiger partial charge is 0.480 e. The minimum absolute atomic E-state index is 0.00451. The molecule has 3 unspecified atom stereocenters. The topological polar surface area (TPSA) is 194 Å². The number of hydrogen-bond acceptors (Lipinski definition) is 11. The highest BCUT2D eigenvalue weighted by Gasteiger charge is 2.51. The normalized spacial score (nSPS) is 24.6. The summed E-state index contributed by atoms with van der Waals surface area (Å²) in [5.41, 5.74) is 4.79. The van der Waals surface area contributed by atoms with E-state index in [0.717, 1.165) is 31.1 Å². The number of hydrogen-bond donors (Lipinski definition) is 4. The van der Waals surface area contributed by atoms with E-state index in [2.05, 4.69) is 32.5 Å². The van der Waals surface area contributed by atoms with Gasteiger partial charge in [0.15, 0.2) is 17.2 Å². The summed E-state index contributed by atoms with van der Waals surface area (Å²) in [6.45, 7) is 6.99. The van der Waals surface area contributed by atoms with E-state index in [1.165, 1.54) is 16.8 Å². The molecule has 76 heavy (non-hydrogen) atoms. The van der Waals surface area contributed by atoms with E-state index < -0.39 is 75.4 Å². The number of piperidine rings is 3. The zero-order chi connectivity index (χ0) is 53.8. The van der Waals surface area contributed by atoms with Crippen LogP contribution in [0.1, 0.15) is 129 Å². The number of pyridine rings is 1. The molecule has 3 atom stereocenters. The Morgan fingerprint density at radius 3 is 2.33 bits per heavy atom. The van der Waals surface area contributed by atoms with Crippen LogP contribution < -0.4 is 25.8 Å². The molecular formula is C56H63ClF4N8O7. The van der Waals surface area contributed by atoms with E-state index in [1.54, 1.807) is 7.05 Å². The van der Waals surface area contributed by atoms with Gasteiger partial charge in [-0.2, -0.15) is 5.10 Å². The molecule has 5 aliphatic rings. The van der Waals surface area contributed by atoms with Gasteiger partial charge in [0.1, 0.15) is 29.5 Å². The number of ether oxygens (including phenoxy) is 2. The Kier molecular flexibility index (Phi) is 15.0. The number of nitrogens with two attached hydrogens (primary N) is 1. The first-order valence-electron chi connectivity index (χ1n) is 26.3. The van der Waals surface area contributed by atoms with Gasteiger partial charge in [-0.05, 0) is 94.3 Å². The minimum Gasteiger partial charge on any atom is -0.480 e. The zero-order valence-corrected chi connectivity index (χ0v) is 43.6. The van der Waals surface area contributed by atoms with Crippen LogP contribution >= 0.6 is 11.6 Å². The summed E-state index contributed by atoms with van der Waals surface area (Å²) < 4.78 is 78.0. The summed E-state index contributed by atoms with van der Waals surface area (Å²) in [5, 5.41) is 19.6. The minimum atomic E-state index is -1.16. The number of amides is 4. The average molecular weight is 1070 g/mol. The molecule has 0 bridgehead atoms. The van der Waals surface area contributed by atoms with Crippen molar-refractivity contribution in [2.45, 2.75) is 107 Å². The van der Waals surface area contributed by atoms with E-state index in [9.17, 15) is 24.3 Å². The Bertz CT molecular complexity index is 3080. The molecule has 10 rings (SSSR count). The van der Waals surface area contributed by atoms with E-state index in [4.69, 9.17) is 26.8 Å². The first-order valence-corrected chi connectivity index (χ1v) is 26.7. The van der Waals surface area contributed by atoms with Gasteiger partial charge >= 0.3 is 0 Å². The van der Waals surface area contributed by atoms with Gasteiger partial charge in [-0.25, -0.2) is 22.5 Å². The van der Waals surface area contributed by atoms with Crippen molar-refractivity contribution >= 4 is 46.1 Å². The number of halogens is 5. The molecular weight excluding hydrogens is 1010 g/mol. The number of carbonyl (C=O) groups excluding carboxylic acids is 4. The van der Waals surface area contributed by atoms with Crippen LogP contribution in [-0.2, 0) is 27.0 Å². The Morgan fingerprint density at radius 2 is 1.66 bits per heavy atom. The fourth-order valence-electron chi connectivity index (χ4n) is 12.8. The average Bonchev–Trinajstić information content (AvgIpc) is 3.94. The molecule has 3 saturated heterocycles. The molecule has 15 nitrogen and oxygen atoms in total. The lowest BCUT2D eigenvalue weighted by Crippen LogP contribution is -2.51. The molecule has 1 aliphatic carbocycles. The second-order valence-corrected chi connectivity index (χ2v) is 22.0. The maximum absolute atomic E-state index is 16.5. The number of aliphatic hydroxyl groups is 1. The summed E-state index contributed by atoms with van der Waals surface area (Å²) in [6.07, 6.45) is 7.02. The standard InChI is InChI=1S/C56H63ClF4N8O7/c1-30-42-40(26-39(59)46(57)45(42)44-37(51(62)72)27-63-53(48(44)61)75-24-23-70)76-56(30,33-7-5-4-6-8-33)29-64-34-11-17-55(2,18-12-34)54(74)69-21-13-31(14-22-69)28-68-19-15-32(16-20-68)43-38(58)25-36-49(66-67(3)50(36)47(43)60)35-9-10-41(71)65-52(35)73/h4-8,25-27,30-32,34-35,64,70H,9-24,28-29H2,1-3H3,(H2,62,72)(H,65,71,73). The number of benzene rings is 3. The monoisotopic (exact) mass is 1070 g/mol. The predicted molar refractivity (Wildman–Crippen MR) is 275 cm³/mol. The van der Waals surface area contributed by atoms with Gasteiger partial charge in [0.05, 0.1) is 28.8 Å². The molecule has 0 radical (unpaired) electrons. The molecule has 2 aromatic heterocycles. The lowest BCUT2D eigenvalue weighted by atomic mass is 9.72. The van der Waals surface area contributed by atoms with Crippen molar-refractivity contribution in [1.82, 2.24) is 35.2 Å². The molecule has 5 aromatic rings. The number of aliphatic hydroxyl groups excluding tert-OH is 1. The number of rotatable bonds is 14. The third-order valence-electron chi connectivity index (χ3n) is 17.1. The van der Waals surface area contributed by atoms with Crippen LogP contribution in [0.25, 0.3) is 22.0 Å². The van der Waals surface area contributed by atoms with Gasteiger partial charge in [-0.3, -0.25) is 29.2 Å². The third kappa shape index (κ3) is 9.69. The Balaban J connectivity index is 0.751. The summed E-state index contributed by atoms with van der Waals surface area (Å²) >= 11 is 6.71. The fraction of sp³-hybridized carbons (Fsp3) is 0.500. The molecule has 0 spiro atoms. The van der Waals surface area contributed by atoms with Crippen LogP contribution in [0, 0.1) is 34.6 Å². The van der Waals surface area contributed by atoms with E-state index in [0.29, 0.717) is 76.2 Å². The smallest absolute Gasteiger partial charge is 0.251 e. The molecule has 3 aromatic carbocycles. The van der Waals surface area contributed by atoms with Crippen molar-refractivity contribution in [2.24, 2.45) is 24.1 Å². The number of nitrogens with one attached hydrogen (secondary N) is 2. The van der Waals surface area contributed by atoms with Gasteiger partial charge in [0, 0.05) is 96.9 Å². The number of likely N-dealkylation sites (tertiary alicyclic amines) is 2. The lowest BCUT2D eigenvalue weighted by Gasteiger charge is -2.43. The van der Waals surface area contributed by atoms with E-state index >= 15 is 17.6 Å². The van der Waals surface area contributed by atoms with Crippen molar-refractivity contribution in [3.05, 3.63) is 105 Å². The molecule has 4 aliphatic heterocycles. The van der Waals surface area contributed by atoms with Crippen LogP contribution in [0.2, 0.25) is 5.02 Å². The Morgan fingerprint density at radius 1 is 0.947 bits per heavy atom. The second-order valence-electron chi connectivity index (χ2n) is 21.7. The summed E-state index contributed by atoms with van der Waals surface area (Å²) in [7, 11) is 1.58. The van der Waals surface area contributed by atoms with Crippen molar-refractivity contribution in [3.8, 4) is 22.8 Å². The summed E-state index contributed by atoms with van der Waals surface area (Å²) in [5.74, 6) is -6.77. The Hall–Kier alpha value is -6.15. The third-order valence-corrected chi connectivity index (χ3v) is 17.4. The zero-order valence-electron chi connectivity index (χ0n) is 42.8. The molecule has 4 amide bonds. The highest BCUT2D eigenvalue weighted by atomic mass is 35.5. The number of primary amides is 1. The highest BCUT2D eigenvalue weighted by Crippen LogP contribution is 2.57. The SMILES string of the molecule is CC1c2c(cc(F)c(Cl)c2-c2c(C(N)=O)cnc(OCCO)c2F)OC1(CNC1CCC(C)(C(=O)N2CCC(CN3CCC(c4c(F)cc5c(C6CCC(=O)NC6=O)nn(C)c5c4F)CC3)CC2)CC1)c1ccccc1. The Labute approximate surface area is 442 Å². The van der Waals surface area contributed by atoms with Crippen LogP contribution in [-0.4, -0.2) is 112 Å².